The Morgan fingerprint density at radius 1 is 0.273 bits per heavy atom. The molecule has 0 nitrogen and oxygen atoms in total. The van der Waals surface area contributed by atoms with Gasteiger partial charge in [-0.15, -0.1) is 0 Å². The molecule has 1 heteroatoms. The first kappa shape index (κ1) is 11.8. The van der Waals surface area contributed by atoms with Crippen molar-refractivity contribution in [3.63, 3.8) is 0 Å². The molecule has 11 heavy (non-hydrogen) atoms. The average Bonchev–Trinajstić information content (AvgIpc) is 2.67. The summed E-state index contributed by atoms with van der Waals surface area (Å²) in [4.78, 5) is 0. The van der Waals surface area contributed by atoms with E-state index >= 15 is 0 Å². The minimum absolute atomic E-state index is 0. The second-order valence-electron chi connectivity index (χ2n) is 3.54. The Bertz CT molecular complexity index is 38.1. The second-order valence-corrected chi connectivity index (χ2v) is 3.54. The van der Waals surface area contributed by atoms with Gasteiger partial charge in [-0.1, -0.05) is 64.2 Å². The van der Waals surface area contributed by atoms with E-state index in [-0.39, 0.29) is 23.9 Å². The van der Waals surface area contributed by atoms with Crippen LogP contribution < -0.4 is 0 Å². The van der Waals surface area contributed by atoms with Crippen molar-refractivity contribution in [1.29, 1.82) is 0 Å². The zero-order valence-electron chi connectivity index (χ0n) is 7.78. The van der Waals surface area contributed by atoms with Gasteiger partial charge in [-0.3, -0.25) is 0 Å². The standard InChI is InChI=1S/2C5H10.Sn.2H/c2*1-2-4-5-3-1;;;/h2*1-5H2;;;. The van der Waals surface area contributed by atoms with E-state index in [4.69, 9.17) is 0 Å². The normalized spacial score (nSPS) is 21.8. The first-order chi connectivity index (χ1) is 5.00. The summed E-state index contributed by atoms with van der Waals surface area (Å²) in [5.74, 6) is 0. The number of hydrogen-bond acceptors (Lipinski definition) is 0. The van der Waals surface area contributed by atoms with Crippen LogP contribution in [0, 0.1) is 0 Å². The maximum atomic E-state index is 1.50. The second kappa shape index (κ2) is 8.89. The maximum absolute atomic E-state index is 1.50. The Hall–Kier alpha value is 0.799. The molecular formula is C10H22Sn. The summed E-state index contributed by atoms with van der Waals surface area (Å²) in [5.41, 5.74) is 0. The first-order valence-corrected chi connectivity index (χ1v) is 5.00. The van der Waals surface area contributed by atoms with E-state index in [1.807, 2.05) is 0 Å². The summed E-state index contributed by atoms with van der Waals surface area (Å²) in [6.45, 7) is 0. The van der Waals surface area contributed by atoms with Gasteiger partial charge < -0.3 is 0 Å². The molecule has 2 aliphatic rings. The van der Waals surface area contributed by atoms with Crippen LogP contribution in [0.1, 0.15) is 64.2 Å². The number of rotatable bonds is 0. The summed E-state index contributed by atoms with van der Waals surface area (Å²) in [5, 5.41) is 0. The van der Waals surface area contributed by atoms with E-state index in [9.17, 15) is 0 Å². The molecule has 0 saturated heterocycles. The summed E-state index contributed by atoms with van der Waals surface area (Å²) >= 11 is 0. The van der Waals surface area contributed by atoms with Crippen molar-refractivity contribution in [2.24, 2.45) is 0 Å². The van der Waals surface area contributed by atoms with Gasteiger partial charge in [-0.25, -0.2) is 0 Å². The predicted octanol–water partition coefficient (Wildman–Crippen LogP) is 2.98. The molecule has 2 radical (unpaired) electrons. The Morgan fingerprint density at radius 3 is 0.455 bits per heavy atom. The van der Waals surface area contributed by atoms with Gasteiger partial charge in [0.05, 0.1) is 0 Å². The fraction of sp³-hybridized carbons (Fsp3) is 1.00. The third-order valence-electron chi connectivity index (χ3n) is 2.50. The zero-order chi connectivity index (χ0) is 7.07. The Balaban J connectivity index is 0.000000167. The SMILES string of the molecule is C1CCCC1.C1CCCC1.[SnH2]. The molecule has 0 aliphatic heterocycles. The molecule has 2 fully saturated rings. The molecule has 2 rings (SSSR count). The Labute approximate surface area is 88.1 Å². The first-order valence-electron chi connectivity index (χ1n) is 5.00. The third kappa shape index (κ3) is 7.17. The molecule has 0 heterocycles. The van der Waals surface area contributed by atoms with Gasteiger partial charge >= 0.3 is 23.9 Å². The van der Waals surface area contributed by atoms with E-state index in [1.165, 1.54) is 64.2 Å². The van der Waals surface area contributed by atoms with Gasteiger partial charge in [-0.2, -0.15) is 0 Å². The molecule has 0 aromatic rings. The molecule has 66 valence electrons. The van der Waals surface area contributed by atoms with E-state index in [0.717, 1.165) is 0 Å². The molecule has 0 atom stereocenters. The molecule has 0 bridgehead atoms. The summed E-state index contributed by atoms with van der Waals surface area (Å²) in [6.07, 6.45) is 15.0. The molecule has 0 amide bonds. The zero-order valence-corrected chi connectivity index (χ0v) is 11.8. The summed E-state index contributed by atoms with van der Waals surface area (Å²) in [7, 11) is 0. The van der Waals surface area contributed by atoms with Crippen LogP contribution in [0.25, 0.3) is 0 Å². The topological polar surface area (TPSA) is 0 Å². The molecular weight excluding hydrogens is 239 g/mol. The van der Waals surface area contributed by atoms with Crippen LogP contribution in [0.2, 0.25) is 0 Å². The van der Waals surface area contributed by atoms with E-state index in [1.54, 1.807) is 0 Å². The molecule has 0 spiro atoms. The summed E-state index contributed by atoms with van der Waals surface area (Å²) in [6, 6.07) is 0. The van der Waals surface area contributed by atoms with Crippen LogP contribution >= 0.6 is 0 Å². The minimum atomic E-state index is 0. The molecule has 0 aromatic heterocycles. The predicted molar refractivity (Wildman–Crippen MR) is 54.7 cm³/mol. The van der Waals surface area contributed by atoms with Crippen molar-refractivity contribution in [3.05, 3.63) is 0 Å². The van der Waals surface area contributed by atoms with Gasteiger partial charge in [0.2, 0.25) is 0 Å². The molecule has 0 aromatic carbocycles. The third-order valence-corrected chi connectivity index (χ3v) is 2.50. The van der Waals surface area contributed by atoms with Crippen LogP contribution in [-0.2, 0) is 0 Å². The molecule has 0 unspecified atom stereocenters. The quantitative estimate of drug-likeness (QED) is 0.588. The summed E-state index contributed by atoms with van der Waals surface area (Å²) < 4.78 is 0. The molecule has 2 aliphatic carbocycles. The average molecular weight is 261 g/mol. The van der Waals surface area contributed by atoms with Crippen molar-refractivity contribution in [1.82, 2.24) is 0 Å². The fourth-order valence-electron chi connectivity index (χ4n) is 1.77. The Kier molecular flexibility index (Phi) is 9.54. The van der Waals surface area contributed by atoms with Crippen molar-refractivity contribution < 1.29 is 0 Å². The van der Waals surface area contributed by atoms with Crippen LogP contribution in [0.3, 0.4) is 0 Å². The van der Waals surface area contributed by atoms with E-state index < -0.39 is 0 Å². The van der Waals surface area contributed by atoms with Gasteiger partial charge in [0, 0.05) is 0 Å². The van der Waals surface area contributed by atoms with Gasteiger partial charge in [-0.05, 0) is 0 Å². The van der Waals surface area contributed by atoms with Crippen molar-refractivity contribution >= 4 is 23.9 Å². The van der Waals surface area contributed by atoms with Crippen LogP contribution in [0.15, 0.2) is 0 Å². The fourth-order valence-corrected chi connectivity index (χ4v) is 1.77. The van der Waals surface area contributed by atoms with Crippen LogP contribution in [0.4, 0.5) is 0 Å². The van der Waals surface area contributed by atoms with E-state index in [2.05, 4.69) is 0 Å². The Morgan fingerprint density at radius 2 is 0.364 bits per heavy atom. The number of hydrogen-bond donors (Lipinski definition) is 0. The molecule has 0 N–H and O–H groups in total. The van der Waals surface area contributed by atoms with Crippen molar-refractivity contribution in [2.45, 2.75) is 64.2 Å². The monoisotopic (exact) mass is 262 g/mol. The van der Waals surface area contributed by atoms with Crippen LogP contribution in [-0.4, -0.2) is 23.9 Å². The van der Waals surface area contributed by atoms with Gasteiger partial charge in [0.15, 0.2) is 0 Å². The van der Waals surface area contributed by atoms with Crippen molar-refractivity contribution in [2.75, 3.05) is 0 Å². The van der Waals surface area contributed by atoms with Gasteiger partial charge in [0.25, 0.3) is 0 Å². The van der Waals surface area contributed by atoms with Gasteiger partial charge in [0.1, 0.15) is 0 Å². The van der Waals surface area contributed by atoms with Crippen molar-refractivity contribution in [3.8, 4) is 0 Å². The van der Waals surface area contributed by atoms with Crippen LogP contribution in [0.5, 0.6) is 0 Å². The molecule has 2 saturated carbocycles. The van der Waals surface area contributed by atoms with E-state index in [0.29, 0.717) is 0 Å².